The van der Waals surface area contributed by atoms with E-state index in [-0.39, 0.29) is 5.56 Å². The summed E-state index contributed by atoms with van der Waals surface area (Å²) in [6.45, 7) is 1.83. The molecule has 1 aromatic carbocycles. The molecule has 0 aliphatic heterocycles. The van der Waals surface area contributed by atoms with Crippen LogP contribution in [0.25, 0.3) is 0 Å². The Bertz CT molecular complexity index is 394. The Morgan fingerprint density at radius 1 is 1.41 bits per heavy atom. The summed E-state index contributed by atoms with van der Waals surface area (Å²) in [6, 6.07) is 5.11. The maximum atomic E-state index is 10.9. The molecule has 0 saturated heterocycles. The van der Waals surface area contributed by atoms with E-state index in [4.69, 9.17) is 5.11 Å². The van der Waals surface area contributed by atoms with Crippen LogP contribution in [0.3, 0.4) is 0 Å². The van der Waals surface area contributed by atoms with Crippen molar-refractivity contribution in [3.8, 4) is 0 Å². The monoisotopic (exact) mass is 300 g/mol. The number of rotatable bonds is 6. The second-order valence-corrected chi connectivity index (χ2v) is 5.03. The van der Waals surface area contributed by atoms with E-state index in [1.165, 1.54) is 0 Å². The summed E-state index contributed by atoms with van der Waals surface area (Å²) < 4.78 is 0.771. The van der Waals surface area contributed by atoms with E-state index in [0.717, 1.165) is 29.7 Å². The number of carboxylic acid groups (broad SMARTS) is 1. The quantitative estimate of drug-likeness (QED) is 0.793. The second-order valence-electron chi connectivity index (χ2n) is 4.12. The third-order valence-electron chi connectivity index (χ3n) is 2.26. The Balaban J connectivity index is 2.56. The largest absolute Gasteiger partial charge is 0.478 e. The molecule has 1 rings (SSSR count). The number of halogens is 1. The van der Waals surface area contributed by atoms with E-state index >= 15 is 0 Å². The molecule has 0 aliphatic rings. The summed E-state index contributed by atoms with van der Waals surface area (Å²) in [5.74, 6) is -0.914. The number of nitrogens with zero attached hydrogens (tertiary/aromatic N) is 1. The minimum atomic E-state index is -0.914. The summed E-state index contributed by atoms with van der Waals surface area (Å²) in [7, 11) is 4.06. The number of hydrogen-bond donors (Lipinski definition) is 2. The predicted octanol–water partition coefficient (Wildman–Crippen LogP) is 2.51. The molecular weight excluding hydrogens is 284 g/mol. The lowest BCUT2D eigenvalue weighted by Crippen LogP contribution is -2.16. The zero-order valence-electron chi connectivity index (χ0n) is 10.0. The van der Waals surface area contributed by atoms with Gasteiger partial charge in [0.05, 0.1) is 5.56 Å². The Kier molecular flexibility index (Phi) is 5.44. The van der Waals surface area contributed by atoms with Gasteiger partial charge < -0.3 is 15.3 Å². The Morgan fingerprint density at radius 3 is 2.71 bits per heavy atom. The van der Waals surface area contributed by atoms with Crippen LogP contribution >= 0.6 is 15.9 Å². The van der Waals surface area contributed by atoms with Gasteiger partial charge in [0.1, 0.15) is 0 Å². The molecule has 4 nitrogen and oxygen atoms in total. The van der Waals surface area contributed by atoms with Crippen LogP contribution in [0, 0.1) is 0 Å². The molecule has 0 amide bonds. The van der Waals surface area contributed by atoms with Crippen molar-refractivity contribution in [2.45, 2.75) is 6.42 Å². The molecule has 94 valence electrons. The van der Waals surface area contributed by atoms with Crippen molar-refractivity contribution in [3.63, 3.8) is 0 Å². The highest BCUT2D eigenvalue weighted by atomic mass is 79.9. The van der Waals surface area contributed by atoms with Crippen molar-refractivity contribution in [2.75, 3.05) is 32.5 Å². The highest BCUT2D eigenvalue weighted by Crippen LogP contribution is 2.19. The van der Waals surface area contributed by atoms with Crippen LogP contribution in [0.15, 0.2) is 22.7 Å². The van der Waals surface area contributed by atoms with Gasteiger partial charge in [-0.25, -0.2) is 4.79 Å². The van der Waals surface area contributed by atoms with Gasteiger partial charge in [0.2, 0.25) is 0 Å². The lowest BCUT2D eigenvalue weighted by Gasteiger charge is -2.11. The van der Waals surface area contributed by atoms with Gasteiger partial charge in [-0.15, -0.1) is 0 Å². The highest BCUT2D eigenvalue weighted by molar-refractivity contribution is 9.10. The molecule has 0 aliphatic carbocycles. The molecule has 2 N–H and O–H groups in total. The van der Waals surface area contributed by atoms with E-state index in [0.29, 0.717) is 0 Å². The fourth-order valence-corrected chi connectivity index (χ4v) is 1.94. The molecule has 0 fully saturated rings. The maximum Gasteiger partial charge on any atom is 0.335 e. The molecule has 0 atom stereocenters. The molecule has 1 aromatic rings. The zero-order chi connectivity index (χ0) is 12.8. The summed E-state index contributed by atoms with van der Waals surface area (Å²) >= 11 is 3.30. The van der Waals surface area contributed by atoms with Crippen LogP contribution in [0.1, 0.15) is 16.8 Å². The standard InChI is InChI=1S/C12H17BrN2O2/c1-15(2)5-3-4-14-11-7-9(12(16)17)6-10(13)8-11/h6-8,14H,3-5H2,1-2H3,(H,16,17). The van der Waals surface area contributed by atoms with Crippen molar-refractivity contribution in [1.29, 1.82) is 0 Å². The van der Waals surface area contributed by atoms with Crippen LogP contribution in [0.2, 0.25) is 0 Å². The first-order valence-electron chi connectivity index (χ1n) is 5.41. The third-order valence-corrected chi connectivity index (χ3v) is 2.71. The van der Waals surface area contributed by atoms with Crippen LogP contribution in [-0.4, -0.2) is 43.2 Å². The lowest BCUT2D eigenvalue weighted by molar-refractivity contribution is 0.0697. The maximum absolute atomic E-state index is 10.9. The average molecular weight is 301 g/mol. The van der Waals surface area contributed by atoms with Gasteiger partial charge in [0.15, 0.2) is 0 Å². The Morgan fingerprint density at radius 2 is 2.12 bits per heavy atom. The number of carboxylic acids is 1. The second kappa shape index (κ2) is 6.61. The first-order chi connectivity index (χ1) is 7.99. The number of benzene rings is 1. The topological polar surface area (TPSA) is 52.6 Å². The normalized spacial score (nSPS) is 10.6. The molecule has 0 radical (unpaired) electrons. The van der Waals surface area contributed by atoms with Crippen molar-refractivity contribution < 1.29 is 9.90 Å². The smallest absolute Gasteiger partial charge is 0.335 e. The molecule has 0 bridgehead atoms. The van der Waals surface area contributed by atoms with Crippen LogP contribution < -0.4 is 5.32 Å². The van der Waals surface area contributed by atoms with Crippen LogP contribution in [0.4, 0.5) is 5.69 Å². The molecule has 0 heterocycles. The van der Waals surface area contributed by atoms with E-state index in [9.17, 15) is 4.79 Å². The van der Waals surface area contributed by atoms with Gasteiger partial charge in [-0.1, -0.05) is 15.9 Å². The highest BCUT2D eigenvalue weighted by Gasteiger charge is 2.05. The van der Waals surface area contributed by atoms with E-state index in [1.54, 1.807) is 12.1 Å². The first-order valence-corrected chi connectivity index (χ1v) is 6.21. The molecule has 0 spiro atoms. The van der Waals surface area contributed by atoms with E-state index in [2.05, 4.69) is 26.1 Å². The molecule has 0 aromatic heterocycles. The molecule has 0 saturated carbocycles. The summed E-state index contributed by atoms with van der Waals surface area (Å²) in [6.07, 6.45) is 1.02. The van der Waals surface area contributed by atoms with Gasteiger partial charge >= 0.3 is 5.97 Å². The van der Waals surface area contributed by atoms with Gasteiger partial charge in [-0.2, -0.15) is 0 Å². The van der Waals surface area contributed by atoms with E-state index in [1.807, 2.05) is 20.2 Å². The first kappa shape index (κ1) is 14.0. The van der Waals surface area contributed by atoms with Gasteiger partial charge in [-0.3, -0.25) is 0 Å². The average Bonchev–Trinajstić information content (AvgIpc) is 2.23. The van der Waals surface area contributed by atoms with Gasteiger partial charge in [-0.05, 0) is 45.3 Å². The fraction of sp³-hybridized carbons (Fsp3) is 0.417. The number of carbonyl (C=O) groups is 1. The zero-order valence-corrected chi connectivity index (χ0v) is 11.6. The lowest BCUT2D eigenvalue weighted by atomic mass is 10.2. The van der Waals surface area contributed by atoms with Crippen LogP contribution in [-0.2, 0) is 0 Å². The summed E-state index contributed by atoms with van der Waals surface area (Å²) in [5.41, 5.74) is 1.12. The van der Waals surface area contributed by atoms with Crippen molar-refractivity contribution in [1.82, 2.24) is 4.90 Å². The Labute approximate surface area is 110 Å². The van der Waals surface area contributed by atoms with Crippen LogP contribution in [0.5, 0.6) is 0 Å². The van der Waals surface area contributed by atoms with Crippen molar-refractivity contribution in [3.05, 3.63) is 28.2 Å². The fourth-order valence-electron chi connectivity index (χ4n) is 1.44. The number of aromatic carboxylic acids is 1. The Hall–Kier alpha value is -1.07. The van der Waals surface area contributed by atoms with Gasteiger partial charge in [0.25, 0.3) is 0 Å². The number of nitrogens with one attached hydrogen (secondary N) is 1. The number of anilines is 1. The molecular formula is C12H17BrN2O2. The molecule has 17 heavy (non-hydrogen) atoms. The minimum Gasteiger partial charge on any atom is -0.478 e. The summed E-state index contributed by atoms with van der Waals surface area (Å²) in [5, 5.41) is 12.1. The summed E-state index contributed by atoms with van der Waals surface area (Å²) in [4.78, 5) is 13.0. The third kappa shape index (κ3) is 5.19. The van der Waals surface area contributed by atoms with E-state index < -0.39 is 5.97 Å². The van der Waals surface area contributed by atoms with Crippen molar-refractivity contribution in [2.24, 2.45) is 0 Å². The predicted molar refractivity (Wildman–Crippen MR) is 72.8 cm³/mol. The SMILES string of the molecule is CN(C)CCCNc1cc(Br)cc(C(=O)O)c1. The van der Waals surface area contributed by atoms with Gasteiger partial charge in [0, 0.05) is 16.7 Å². The molecule has 0 unspecified atom stereocenters. The van der Waals surface area contributed by atoms with Crippen molar-refractivity contribution >= 4 is 27.6 Å². The number of hydrogen-bond acceptors (Lipinski definition) is 3. The molecule has 5 heteroatoms. The minimum absolute atomic E-state index is 0.287.